The number of aryl methyl sites for hydroxylation is 1. The topological polar surface area (TPSA) is 33.2 Å². The molecule has 0 unspecified atom stereocenters. The van der Waals surface area contributed by atoms with Crippen LogP contribution in [0.4, 0.5) is 4.39 Å². The van der Waals surface area contributed by atoms with Gasteiger partial charge in [-0.1, -0.05) is 35.9 Å². The highest BCUT2D eigenvalue weighted by Gasteiger charge is 2.32. The number of hydrogen-bond donors (Lipinski definition) is 0. The van der Waals surface area contributed by atoms with E-state index in [2.05, 4.69) is 4.98 Å². The number of hydrogen-bond acceptors (Lipinski definition) is 2. The lowest BCUT2D eigenvalue weighted by Gasteiger charge is -2.18. The summed E-state index contributed by atoms with van der Waals surface area (Å²) in [4.78, 5) is 19.1. The standard InChI is InChI=1S/C22H17FN2O/c1-15-5-10-19-20(12-15)22(26)25(14-18-4-2-3-11-24-18)21(19)13-16-6-8-17(23)9-7-16/h2-13H,14H2,1H3/b21-13+. The van der Waals surface area contributed by atoms with E-state index in [0.717, 1.165) is 28.1 Å². The lowest BCUT2D eigenvalue weighted by Crippen LogP contribution is -2.23. The number of rotatable bonds is 3. The number of benzene rings is 2. The van der Waals surface area contributed by atoms with E-state index in [1.54, 1.807) is 23.2 Å². The van der Waals surface area contributed by atoms with E-state index in [4.69, 9.17) is 0 Å². The summed E-state index contributed by atoms with van der Waals surface area (Å²) in [5.74, 6) is -0.321. The van der Waals surface area contributed by atoms with E-state index in [-0.39, 0.29) is 11.7 Å². The van der Waals surface area contributed by atoms with Gasteiger partial charge in [-0.25, -0.2) is 4.39 Å². The molecule has 0 N–H and O–H groups in total. The van der Waals surface area contributed by atoms with Crippen LogP contribution >= 0.6 is 0 Å². The molecular weight excluding hydrogens is 327 g/mol. The Balaban J connectivity index is 1.80. The van der Waals surface area contributed by atoms with Crippen LogP contribution in [0.5, 0.6) is 0 Å². The number of carbonyl (C=O) groups excluding carboxylic acids is 1. The van der Waals surface area contributed by atoms with Gasteiger partial charge in [-0.2, -0.15) is 0 Å². The number of carbonyl (C=O) groups is 1. The van der Waals surface area contributed by atoms with E-state index in [9.17, 15) is 9.18 Å². The van der Waals surface area contributed by atoms with Crippen molar-refractivity contribution in [2.75, 3.05) is 0 Å². The molecule has 1 amide bonds. The van der Waals surface area contributed by atoms with Crippen LogP contribution in [0.3, 0.4) is 0 Å². The molecule has 0 spiro atoms. The van der Waals surface area contributed by atoms with Gasteiger partial charge in [-0.3, -0.25) is 9.78 Å². The summed E-state index contributed by atoms with van der Waals surface area (Å²) in [5.41, 5.74) is 5.08. The van der Waals surface area contributed by atoms with Crippen LogP contribution in [0, 0.1) is 12.7 Å². The Labute approximate surface area is 151 Å². The molecular formula is C22H17FN2O. The third kappa shape index (κ3) is 3.02. The minimum atomic E-state index is -0.281. The summed E-state index contributed by atoms with van der Waals surface area (Å²) in [7, 11) is 0. The molecule has 1 aliphatic heterocycles. The van der Waals surface area contributed by atoms with Gasteiger partial charge >= 0.3 is 0 Å². The van der Waals surface area contributed by atoms with Crippen LogP contribution in [-0.4, -0.2) is 15.8 Å². The molecule has 0 radical (unpaired) electrons. The average molecular weight is 344 g/mol. The molecule has 0 atom stereocenters. The molecule has 0 bridgehead atoms. The number of amides is 1. The molecule has 4 rings (SSSR count). The summed E-state index contributed by atoms with van der Waals surface area (Å²) < 4.78 is 13.2. The van der Waals surface area contributed by atoms with Crippen LogP contribution in [0.15, 0.2) is 66.9 Å². The zero-order valence-electron chi connectivity index (χ0n) is 14.3. The molecule has 128 valence electrons. The van der Waals surface area contributed by atoms with Crippen LogP contribution in [0.25, 0.3) is 11.8 Å². The Kier molecular flexibility index (Phi) is 4.09. The molecule has 3 nitrogen and oxygen atoms in total. The fourth-order valence-electron chi connectivity index (χ4n) is 3.14. The van der Waals surface area contributed by atoms with Crippen molar-refractivity contribution in [2.24, 2.45) is 0 Å². The normalized spacial score (nSPS) is 14.8. The van der Waals surface area contributed by atoms with Crippen LogP contribution in [0.1, 0.15) is 32.7 Å². The van der Waals surface area contributed by atoms with Gasteiger partial charge < -0.3 is 4.90 Å². The number of fused-ring (bicyclic) bond motifs is 1. The molecule has 3 aromatic rings. The van der Waals surface area contributed by atoms with E-state index in [0.29, 0.717) is 12.1 Å². The molecule has 0 aliphatic carbocycles. The number of aromatic nitrogens is 1. The van der Waals surface area contributed by atoms with Crippen molar-refractivity contribution in [1.82, 2.24) is 9.88 Å². The van der Waals surface area contributed by atoms with Crippen molar-refractivity contribution in [2.45, 2.75) is 13.5 Å². The largest absolute Gasteiger partial charge is 0.302 e. The highest BCUT2D eigenvalue weighted by atomic mass is 19.1. The van der Waals surface area contributed by atoms with Crippen LogP contribution in [0.2, 0.25) is 0 Å². The van der Waals surface area contributed by atoms with Gasteiger partial charge in [0, 0.05) is 17.3 Å². The van der Waals surface area contributed by atoms with Crippen molar-refractivity contribution in [3.63, 3.8) is 0 Å². The molecule has 0 saturated heterocycles. The smallest absolute Gasteiger partial charge is 0.259 e. The SMILES string of the molecule is Cc1ccc2c(c1)C(=O)N(Cc1ccccn1)/C2=C/c1ccc(F)cc1. The zero-order chi connectivity index (χ0) is 18.1. The maximum absolute atomic E-state index is 13.2. The molecule has 2 heterocycles. The van der Waals surface area contributed by atoms with Crippen LogP contribution < -0.4 is 0 Å². The Morgan fingerprint density at radius 1 is 1.04 bits per heavy atom. The number of halogens is 1. The minimum Gasteiger partial charge on any atom is -0.302 e. The van der Waals surface area contributed by atoms with Crippen LogP contribution in [-0.2, 0) is 6.54 Å². The average Bonchev–Trinajstić information content (AvgIpc) is 2.90. The molecule has 1 aliphatic rings. The maximum Gasteiger partial charge on any atom is 0.259 e. The van der Waals surface area contributed by atoms with Crippen molar-refractivity contribution in [3.8, 4) is 0 Å². The second-order valence-electron chi connectivity index (χ2n) is 6.34. The molecule has 1 aromatic heterocycles. The summed E-state index contributed by atoms with van der Waals surface area (Å²) in [6.45, 7) is 2.36. The summed E-state index contributed by atoms with van der Waals surface area (Å²) in [6.07, 6.45) is 3.64. The van der Waals surface area contributed by atoms with E-state index >= 15 is 0 Å². The molecule has 4 heteroatoms. The first-order valence-corrected chi connectivity index (χ1v) is 8.42. The Morgan fingerprint density at radius 3 is 2.58 bits per heavy atom. The summed E-state index contributed by atoms with van der Waals surface area (Å²) in [6, 6.07) is 17.8. The maximum atomic E-state index is 13.2. The fraction of sp³-hybridized carbons (Fsp3) is 0.0909. The van der Waals surface area contributed by atoms with E-state index in [1.807, 2.05) is 49.4 Å². The van der Waals surface area contributed by atoms with Crippen molar-refractivity contribution >= 4 is 17.7 Å². The summed E-state index contributed by atoms with van der Waals surface area (Å²) in [5, 5.41) is 0. The lowest BCUT2D eigenvalue weighted by atomic mass is 10.0. The van der Waals surface area contributed by atoms with Crippen molar-refractivity contribution in [3.05, 3.63) is 101 Å². The fourth-order valence-corrected chi connectivity index (χ4v) is 3.14. The first-order valence-electron chi connectivity index (χ1n) is 8.42. The molecule has 2 aromatic carbocycles. The zero-order valence-corrected chi connectivity index (χ0v) is 14.3. The Bertz CT molecular complexity index is 994. The first kappa shape index (κ1) is 16.2. The highest BCUT2D eigenvalue weighted by Crippen LogP contribution is 2.35. The second-order valence-corrected chi connectivity index (χ2v) is 6.34. The molecule has 0 fully saturated rings. The first-order chi connectivity index (χ1) is 12.6. The quantitative estimate of drug-likeness (QED) is 0.691. The van der Waals surface area contributed by atoms with E-state index in [1.165, 1.54) is 12.1 Å². The third-order valence-corrected chi connectivity index (χ3v) is 4.44. The van der Waals surface area contributed by atoms with Gasteiger partial charge in [-0.05, 0) is 48.9 Å². The summed E-state index contributed by atoms with van der Waals surface area (Å²) >= 11 is 0. The van der Waals surface area contributed by atoms with E-state index < -0.39 is 0 Å². The van der Waals surface area contributed by atoms with Gasteiger partial charge in [0.1, 0.15) is 5.82 Å². The van der Waals surface area contributed by atoms with Crippen molar-refractivity contribution < 1.29 is 9.18 Å². The van der Waals surface area contributed by atoms with Gasteiger partial charge in [0.2, 0.25) is 0 Å². The van der Waals surface area contributed by atoms with Gasteiger partial charge in [0.05, 0.1) is 17.9 Å². The molecule has 0 saturated carbocycles. The van der Waals surface area contributed by atoms with Gasteiger partial charge in [0.15, 0.2) is 0 Å². The second kappa shape index (κ2) is 6.56. The monoisotopic (exact) mass is 344 g/mol. The Hall–Kier alpha value is -3.27. The lowest BCUT2D eigenvalue weighted by molar-refractivity contribution is 0.0842. The number of nitrogens with zero attached hydrogens (tertiary/aromatic N) is 2. The van der Waals surface area contributed by atoms with Gasteiger partial charge in [-0.15, -0.1) is 0 Å². The predicted octanol–water partition coefficient (Wildman–Crippen LogP) is 4.68. The third-order valence-electron chi connectivity index (χ3n) is 4.44. The van der Waals surface area contributed by atoms with Gasteiger partial charge in [0.25, 0.3) is 5.91 Å². The predicted molar refractivity (Wildman–Crippen MR) is 99.6 cm³/mol. The minimum absolute atomic E-state index is 0.0392. The molecule has 26 heavy (non-hydrogen) atoms. The number of pyridine rings is 1. The highest BCUT2D eigenvalue weighted by molar-refractivity contribution is 6.11. The Morgan fingerprint density at radius 2 is 1.85 bits per heavy atom. The van der Waals surface area contributed by atoms with Crippen molar-refractivity contribution in [1.29, 1.82) is 0 Å².